The van der Waals surface area contributed by atoms with Gasteiger partial charge in [-0.3, -0.25) is 0 Å². The van der Waals surface area contributed by atoms with Crippen LogP contribution >= 0.6 is 7.26 Å². The molecule has 0 amide bonds. The molecule has 0 atom stereocenters. The normalized spacial score (nSPS) is 11.3. The lowest BCUT2D eigenvalue weighted by atomic mass is 10.2. The number of aliphatic hydroxyl groups excluding tert-OH is 4. The molecule has 4 N–H and O–H groups in total. The lowest BCUT2D eigenvalue weighted by molar-refractivity contribution is -0.268. The summed E-state index contributed by atoms with van der Waals surface area (Å²) >= 11 is 0. The minimum Gasteiger partial charge on any atom is -0.872 e. The minimum absolute atomic E-state index is 0.0718. The molecule has 1 aromatic rings. The molecule has 0 aliphatic carbocycles. The van der Waals surface area contributed by atoms with E-state index in [1.165, 1.54) is 88.1 Å². The van der Waals surface area contributed by atoms with Crippen molar-refractivity contribution < 1.29 is 25.5 Å². The maximum absolute atomic E-state index is 10.3. The largest absolute Gasteiger partial charge is 0.872 e. The molecule has 0 bridgehead atoms. The van der Waals surface area contributed by atoms with E-state index in [2.05, 4.69) is 0 Å². The van der Waals surface area contributed by atoms with Crippen LogP contribution in [0, 0.1) is 0 Å². The molecule has 0 heterocycles. The molecule has 0 unspecified atom stereocenters. The highest BCUT2D eigenvalue weighted by molar-refractivity contribution is 7.75. The van der Waals surface area contributed by atoms with E-state index in [4.69, 9.17) is 20.4 Å². The van der Waals surface area contributed by atoms with Crippen molar-refractivity contribution in [3.8, 4) is 5.75 Å². The van der Waals surface area contributed by atoms with E-state index in [0.29, 0.717) is 26.4 Å². The lowest BCUT2D eigenvalue weighted by Crippen LogP contribution is -2.13. The second-order valence-electron chi connectivity index (χ2n) is 10.1. The molecule has 1 rings (SSSR count). The quantitative estimate of drug-likeness (QED) is 0.0977. The Bertz CT molecular complexity index is 482. The Morgan fingerprint density at radius 2 is 0.694 bits per heavy atom. The number of para-hydroxylation sites is 1. The van der Waals surface area contributed by atoms with E-state index in [-0.39, 0.29) is 5.75 Å². The molecular formula is C30H57O5P. The molecule has 0 saturated heterocycles. The lowest BCUT2D eigenvalue weighted by Gasteiger charge is -2.28. The Morgan fingerprint density at radius 1 is 0.417 bits per heavy atom. The molecule has 0 aromatic heterocycles. The summed E-state index contributed by atoms with van der Waals surface area (Å²) in [7, 11) is -0.941. The van der Waals surface area contributed by atoms with Crippen LogP contribution in [-0.2, 0) is 0 Å². The fourth-order valence-corrected chi connectivity index (χ4v) is 9.66. The van der Waals surface area contributed by atoms with Crippen molar-refractivity contribution >= 4 is 7.26 Å². The zero-order chi connectivity index (χ0) is 26.6. The van der Waals surface area contributed by atoms with Crippen LogP contribution in [0.2, 0.25) is 0 Å². The van der Waals surface area contributed by atoms with Crippen LogP contribution < -0.4 is 5.11 Å². The van der Waals surface area contributed by atoms with E-state index in [1.807, 2.05) is 6.07 Å². The van der Waals surface area contributed by atoms with Crippen LogP contribution in [0.1, 0.15) is 103 Å². The van der Waals surface area contributed by atoms with Gasteiger partial charge in [0.15, 0.2) is 0 Å². The number of hydrogen-bond donors (Lipinski definition) is 4. The molecule has 1 aromatic carbocycles. The van der Waals surface area contributed by atoms with Gasteiger partial charge < -0.3 is 25.5 Å². The van der Waals surface area contributed by atoms with Gasteiger partial charge in [-0.05, 0) is 77.0 Å². The van der Waals surface area contributed by atoms with Gasteiger partial charge in [0.25, 0.3) is 0 Å². The molecular weight excluding hydrogens is 471 g/mol. The maximum Gasteiger partial charge on any atom is 0.0594 e. The van der Waals surface area contributed by atoms with Gasteiger partial charge in [-0.25, -0.2) is 0 Å². The van der Waals surface area contributed by atoms with Gasteiger partial charge in [-0.1, -0.05) is 56.0 Å². The van der Waals surface area contributed by atoms with Crippen molar-refractivity contribution in [1.29, 1.82) is 0 Å². The third-order valence-electron chi connectivity index (χ3n) is 6.91. The molecule has 0 fully saturated rings. The number of benzene rings is 1. The standard InChI is InChI=1S/C24H52O4P.C6H6O/c25-17-9-1-5-13-21-29(22-14-6-2-10-18-26,23-15-7-3-11-19-27)24-16-8-4-12-20-28;7-6-4-2-1-3-5-6/h25-28H,1-24H2;1-5,7H/q+1;/p-1. The van der Waals surface area contributed by atoms with Crippen molar-refractivity contribution in [2.24, 2.45) is 0 Å². The van der Waals surface area contributed by atoms with Crippen molar-refractivity contribution in [1.82, 2.24) is 0 Å². The van der Waals surface area contributed by atoms with Gasteiger partial charge in [0.05, 0.1) is 24.6 Å². The fourth-order valence-electron chi connectivity index (χ4n) is 4.74. The van der Waals surface area contributed by atoms with E-state index in [1.54, 1.807) is 12.1 Å². The highest BCUT2D eigenvalue weighted by Crippen LogP contribution is 2.61. The molecule has 212 valence electrons. The smallest absolute Gasteiger partial charge is 0.0594 e. The molecule has 0 spiro atoms. The molecule has 0 saturated carbocycles. The third-order valence-corrected chi connectivity index (χ3v) is 12.0. The van der Waals surface area contributed by atoms with Crippen LogP contribution in [0.5, 0.6) is 5.75 Å². The second-order valence-corrected chi connectivity index (χ2v) is 14.6. The topological polar surface area (TPSA) is 104 Å². The summed E-state index contributed by atoms with van der Waals surface area (Å²) in [6, 6.07) is 8.33. The minimum atomic E-state index is -0.941. The SMILES string of the molecule is OCCCCCC[P+](CCCCCCO)(CCCCCCO)CCCCCCO.[O-]c1ccccc1. The Labute approximate surface area is 222 Å². The Hall–Kier alpha value is -0.710. The summed E-state index contributed by atoms with van der Waals surface area (Å²) in [4.78, 5) is 0. The van der Waals surface area contributed by atoms with Gasteiger partial charge >= 0.3 is 0 Å². The first-order valence-electron chi connectivity index (χ1n) is 14.6. The zero-order valence-corrected chi connectivity index (χ0v) is 23.9. The van der Waals surface area contributed by atoms with Crippen LogP contribution in [-0.4, -0.2) is 71.5 Å². The predicted molar refractivity (Wildman–Crippen MR) is 154 cm³/mol. The number of hydrogen-bond acceptors (Lipinski definition) is 5. The van der Waals surface area contributed by atoms with Crippen LogP contribution in [0.4, 0.5) is 0 Å². The summed E-state index contributed by atoms with van der Waals surface area (Å²) in [6.07, 6.45) is 24.3. The highest BCUT2D eigenvalue weighted by atomic mass is 31.2. The van der Waals surface area contributed by atoms with Gasteiger partial charge in [0.1, 0.15) is 0 Å². The average molecular weight is 529 g/mol. The molecule has 0 aliphatic heterocycles. The van der Waals surface area contributed by atoms with Gasteiger partial charge in [0, 0.05) is 33.7 Å². The van der Waals surface area contributed by atoms with Crippen molar-refractivity contribution in [3.63, 3.8) is 0 Å². The van der Waals surface area contributed by atoms with Crippen molar-refractivity contribution in [3.05, 3.63) is 30.3 Å². The van der Waals surface area contributed by atoms with Crippen LogP contribution in [0.3, 0.4) is 0 Å². The van der Waals surface area contributed by atoms with Crippen LogP contribution in [0.25, 0.3) is 0 Å². The fraction of sp³-hybridized carbons (Fsp3) is 0.800. The van der Waals surface area contributed by atoms with Gasteiger partial charge in [0.2, 0.25) is 0 Å². The maximum atomic E-state index is 10.3. The monoisotopic (exact) mass is 528 g/mol. The summed E-state index contributed by atoms with van der Waals surface area (Å²) in [5, 5.41) is 46.4. The average Bonchev–Trinajstić information content (AvgIpc) is 2.89. The van der Waals surface area contributed by atoms with E-state index >= 15 is 0 Å². The molecule has 0 aliphatic rings. The predicted octanol–water partition coefficient (Wildman–Crippen LogP) is 5.98. The third kappa shape index (κ3) is 22.5. The first-order chi connectivity index (χ1) is 17.6. The van der Waals surface area contributed by atoms with E-state index in [0.717, 1.165) is 51.4 Å². The summed E-state index contributed by atoms with van der Waals surface area (Å²) < 4.78 is 0. The molecule has 36 heavy (non-hydrogen) atoms. The van der Waals surface area contributed by atoms with Crippen LogP contribution in [0.15, 0.2) is 30.3 Å². The molecule has 5 nitrogen and oxygen atoms in total. The Balaban J connectivity index is 0.00000148. The zero-order valence-electron chi connectivity index (χ0n) is 23.0. The van der Waals surface area contributed by atoms with Crippen molar-refractivity contribution in [2.45, 2.75) is 103 Å². The second kappa shape index (κ2) is 27.3. The highest BCUT2D eigenvalue weighted by Gasteiger charge is 2.34. The van der Waals surface area contributed by atoms with Gasteiger partial charge in [-0.2, -0.15) is 0 Å². The Morgan fingerprint density at radius 3 is 0.917 bits per heavy atom. The first kappa shape index (κ1) is 35.3. The summed E-state index contributed by atoms with van der Waals surface area (Å²) in [5.74, 6) is 0.0718. The Kier molecular flexibility index (Phi) is 26.8. The number of rotatable bonds is 24. The molecule has 6 heteroatoms. The van der Waals surface area contributed by atoms with E-state index < -0.39 is 7.26 Å². The number of unbranched alkanes of at least 4 members (excludes halogenated alkanes) is 12. The summed E-state index contributed by atoms with van der Waals surface area (Å²) in [5.41, 5.74) is 0. The van der Waals surface area contributed by atoms with Gasteiger partial charge in [-0.15, -0.1) is 5.75 Å². The summed E-state index contributed by atoms with van der Waals surface area (Å²) in [6.45, 7) is 1.28. The first-order valence-corrected chi connectivity index (χ1v) is 17.2. The molecule has 0 radical (unpaired) electrons. The van der Waals surface area contributed by atoms with E-state index in [9.17, 15) is 5.11 Å². The number of aliphatic hydroxyl groups is 4. The van der Waals surface area contributed by atoms with Crippen molar-refractivity contribution in [2.75, 3.05) is 51.1 Å².